The molecule has 0 bridgehead atoms. The molecule has 2 amide bonds. The molecule has 0 aliphatic carbocycles. The molecule has 6 nitrogen and oxygen atoms in total. The smallest absolute Gasteiger partial charge is 0.265 e. The average Bonchev–Trinajstić information content (AvgIpc) is 2.56. The lowest BCUT2D eigenvalue weighted by molar-refractivity contribution is -0.122. The van der Waals surface area contributed by atoms with Crippen LogP contribution in [0.25, 0.3) is 0 Å². The molecule has 1 heterocycles. The van der Waals surface area contributed by atoms with Gasteiger partial charge in [0.25, 0.3) is 5.91 Å². The quantitative estimate of drug-likeness (QED) is 0.780. The zero-order chi connectivity index (χ0) is 18.0. The fourth-order valence-electron chi connectivity index (χ4n) is 2.43. The van der Waals surface area contributed by atoms with E-state index in [9.17, 15) is 9.59 Å². The van der Waals surface area contributed by atoms with Crippen LogP contribution in [-0.4, -0.2) is 24.0 Å². The summed E-state index contributed by atoms with van der Waals surface area (Å²) in [7, 11) is 0. The number of halogens is 1. The fourth-order valence-corrected chi connectivity index (χ4v) is 2.62. The molecule has 0 radical (unpaired) electrons. The molecule has 130 valence electrons. The van der Waals surface area contributed by atoms with E-state index in [0.717, 1.165) is 0 Å². The SMILES string of the molecule is CC(Nc1ccc2c(c1)NC(=O)C(C)O2)C(=O)Nc1cccc(Cl)c1. The van der Waals surface area contributed by atoms with Crippen molar-refractivity contribution in [1.82, 2.24) is 0 Å². The van der Waals surface area contributed by atoms with Crippen LogP contribution in [0.3, 0.4) is 0 Å². The molecule has 25 heavy (non-hydrogen) atoms. The maximum Gasteiger partial charge on any atom is 0.265 e. The van der Waals surface area contributed by atoms with Gasteiger partial charge in [-0.15, -0.1) is 0 Å². The van der Waals surface area contributed by atoms with Gasteiger partial charge in [-0.25, -0.2) is 0 Å². The summed E-state index contributed by atoms with van der Waals surface area (Å²) in [6, 6.07) is 11.8. The first-order valence-electron chi connectivity index (χ1n) is 7.87. The van der Waals surface area contributed by atoms with Gasteiger partial charge in [-0.05, 0) is 50.2 Å². The van der Waals surface area contributed by atoms with Crippen molar-refractivity contribution in [3.05, 3.63) is 47.5 Å². The van der Waals surface area contributed by atoms with E-state index in [4.69, 9.17) is 16.3 Å². The summed E-state index contributed by atoms with van der Waals surface area (Å²) in [5.41, 5.74) is 1.91. The van der Waals surface area contributed by atoms with Gasteiger partial charge in [0.1, 0.15) is 11.8 Å². The topological polar surface area (TPSA) is 79.5 Å². The zero-order valence-electron chi connectivity index (χ0n) is 13.8. The normalized spacial score (nSPS) is 16.9. The predicted octanol–water partition coefficient (Wildman–Crippen LogP) is 3.50. The number of nitrogens with one attached hydrogen (secondary N) is 3. The van der Waals surface area contributed by atoms with Gasteiger partial charge < -0.3 is 20.7 Å². The summed E-state index contributed by atoms with van der Waals surface area (Å²) >= 11 is 5.91. The molecule has 2 atom stereocenters. The number of anilines is 3. The van der Waals surface area contributed by atoms with E-state index in [1.165, 1.54) is 0 Å². The van der Waals surface area contributed by atoms with E-state index in [1.54, 1.807) is 56.3 Å². The summed E-state index contributed by atoms with van der Waals surface area (Å²) in [6.45, 7) is 3.43. The lowest BCUT2D eigenvalue weighted by Gasteiger charge is -2.24. The van der Waals surface area contributed by atoms with Crippen LogP contribution in [0.5, 0.6) is 5.75 Å². The number of fused-ring (bicyclic) bond motifs is 1. The van der Waals surface area contributed by atoms with E-state index in [1.807, 2.05) is 0 Å². The van der Waals surface area contributed by atoms with Gasteiger partial charge in [0.05, 0.1) is 5.69 Å². The van der Waals surface area contributed by atoms with Gasteiger partial charge in [0.15, 0.2) is 6.10 Å². The van der Waals surface area contributed by atoms with Crippen molar-refractivity contribution in [2.45, 2.75) is 26.0 Å². The van der Waals surface area contributed by atoms with Crippen LogP contribution in [0, 0.1) is 0 Å². The van der Waals surface area contributed by atoms with Gasteiger partial charge in [0, 0.05) is 16.4 Å². The van der Waals surface area contributed by atoms with E-state index < -0.39 is 12.1 Å². The summed E-state index contributed by atoms with van der Waals surface area (Å²) in [5, 5.41) is 9.23. The summed E-state index contributed by atoms with van der Waals surface area (Å²) < 4.78 is 5.51. The molecule has 2 unspecified atom stereocenters. The summed E-state index contributed by atoms with van der Waals surface area (Å²) in [6.07, 6.45) is -0.520. The molecule has 0 saturated carbocycles. The highest BCUT2D eigenvalue weighted by Gasteiger charge is 2.24. The molecule has 2 aromatic carbocycles. The Bertz CT molecular complexity index is 825. The van der Waals surface area contributed by atoms with Crippen LogP contribution in [-0.2, 0) is 9.59 Å². The van der Waals surface area contributed by atoms with Gasteiger partial charge in [-0.1, -0.05) is 17.7 Å². The van der Waals surface area contributed by atoms with Crippen molar-refractivity contribution < 1.29 is 14.3 Å². The number of hydrogen-bond acceptors (Lipinski definition) is 4. The Kier molecular flexibility index (Phi) is 4.81. The largest absolute Gasteiger partial charge is 0.479 e. The number of amides is 2. The Morgan fingerprint density at radius 3 is 2.80 bits per heavy atom. The van der Waals surface area contributed by atoms with Gasteiger partial charge >= 0.3 is 0 Å². The van der Waals surface area contributed by atoms with Crippen LogP contribution in [0.1, 0.15) is 13.8 Å². The van der Waals surface area contributed by atoms with Crippen LogP contribution in [0.4, 0.5) is 17.1 Å². The lowest BCUT2D eigenvalue weighted by atomic mass is 10.2. The Balaban J connectivity index is 1.66. The maximum atomic E-state index is 12.3. The highest BCUT2D eigenvalue weighted by atomic mass is 35.5. The van der Waals surface area contributed by atoms with E-state index in [-0.39, 0.29) is 11.8 Å². The molecule has 0 aromatic heterocycles. The van der Waals surface area contributed by atoms with Crippen LogP contribution < -0.4 is 20.7 Å². The van der Waals surface area contributed by atoms with Crippen LogP contribution >= 0.6 is 11.6 Å². The molecule has 0 fully saturated rings. The predicted molar refractivity (Wildman–Crippen MR) is 98.3 cm³/mol. The van der Waals surface area contributed by atoms with Crippen molar-refractivity contribution in [2.24, 2.45) is 0 Å². The minimum atomic E-state index is -0.520. The number of hydrogen-bond donors (Lipinski definition) is 3. The molecular weight excluding hydrogens is 342 g/mol. The van der Waals surface area contributed by atoms with E-state index in [0.29, 0.717) is 27.8 Å². The van der Waals surface area contributed by atoms with Crippen LogP contribution in [0.2, 0.25) is 5.02 Å². The fraction of sp³-hybridized carbons (Fsp3) is 0.222. The monoisotopic (exact) mass is 359 g/mol. The average molecular weight is 360 g/mol. The molecule has 0 spiro atoms. The zero-order valence-corrected chi connectivity index (χ0v) is 14.6. The van der Waals surface area contributed by atoms with Gasteiger partial charge in [-0.3, -0.25) is 9.59 Å². The van der Waals surface area contributed by atoms with E-state index >= 15 is 0 Å². The molecular formula is C18H18ClN3O3. The number of carbonyl (C=O) groups is 2. The third-order valence-corrected chi connectivity index (χ3v) is 4.01. The maximum absolute atomic E-state index is 12.3. The third kappa shape index (κ3) is 4.03. The molecule has 2 aromatic rings. The number of carbonyl (C=O) groups excluding carboxylic acids is 2. The molecule has 3 N–H and O–H groups in total. The highest BCUT2D eigenvalue weighted by molar-refractivity contribution is 6.30. The Labute approximate surface area is 150 Å². The molecule has 7 heteroatoms. The van der Waals surface area contributed by atoms with Crippen LogP contribution in [0.15, 0.2) is 42.5 Å². The second kappa shape index (κ2) is 7.03. The third-order valence-electron chi connectivity index (χ3n) is 3.78. The van der Waals surface area contributed by atoms with Crippen molar-refractivity contribution >= 4 is 40.5 Å². The Hall–Kier alpha value is -2.73. The first kappa shape index (κ1) is 17.1. The van der Waals surface area contributed by atoms with Crippen molar-refractivity contribution in [2.75, 3.05) is 16.0 Å². The molecule has 1 aliphatic rings. The first-order chi connectivity index (χ1) is 11.9. The molecule has 1 aliphatic heterocycles. The second-order valence-corrected chi connectivity index (χ2v) is 6.26. The van der Waals surface area contributed by atoms with Crippen molar-refractivity contribution in [1.29, 1.82) is 0 Å². The molecule has 0 saturated heterocycles. The minimum absolute atomic E-state index is 0.198. The number of benzene rings is 2. The summed E-state index contributed by atoms with van der Waals surface area (Å²) in [4.78, 5) is 24.0. The number of rotatable bonds is 4. The van der Waals surface area contributed by atoms with Gasteiger partial charge in [0.2, 0.25) is 5.91 Å². The van der Waals surface area contributed by atoms with Gasteiger partial charge in [-0.2, -0.15) is 0 Å². The minimum Gasteiger partial charge on any atom is -0.479 e. The lowest BCUT2D eigenvalue weighted by Crippen LogP contribution is -2.34. The second-order valence-electron chi connectivity index (χ2n) is 5.83. The standard InChI is InChI=1S/C18H18ClN3O3/c1-10(17(23)21-13-5-3-4-12(19)8-13)20-14-6-7-16-15(9-14)22-18(24)11(2)25-16/h3-11,20H,1-2H3,(H,21,23)(H,22,24). The number of ether oxygens (including phenoxy) is 1. The highest BCUT2D eigenvalue weighted by Crippen LogP contribution is 2.32. The first-order valence-corrected chi connectivity index (χ1v) is 8.25. The molecule has 3 rings (SSSR count). The Morgan fingerprint density at radius 1 is 1.24 bits per heavy atom. The summed E-state index contributed by atoms with van der Waals surface area (Å²) in [5.74, 6) is 0.207. The van der Waals surface area contributed by atoms with Crippen molar-refractivity contribution in [3.63, 3.8) is 0 Å². The van der Waals surface area contributed by atoms with E-state index in [2.05, 4.69) is 16.0 Å². The van der Waals surface area contributed by atoms with Crippen molar-refractivity contribution in [3.8, 4) is 5.75 Å². The Morgan fingerprint density at radius 2 is 2.04 bits per heavy atom.